The van der Waals surface area contributed by atoms with Crippen molar-refractivity contribution in [3.63, 3.8) is 0 Å². The predicted octanol–water partition coefficient (Wildman–Crippen LogP) is 4.06. The molecule has 0 unspecified atom stereocenters. The molecule has 1 N–H and O–H groups in total. The second-order valence-electron chi connectivity index (χ2n) is 6.66. The topological polar surface area (TPSA) is 46.2 Å². The van der Waals surface area contributed by atoms with E-state index >= 15 is 0 Å². The molecule has 2 heterocycles. The van der Waals surface area contributed by atoms with Crippen LogP contribution in [0.3, 0.4) is 0 Å². The van der Waals surface area contributed by atoms with Gasteiger partial charge in [-0.1, -0.05) is 35.9 Å². The maximum Gasteiger partial charge on any atom is 0.225 e. The molecule has 1 aliphatic carbocycles. The molecule has 0 saturated carbocycles. The number of amides is 1. The molecular weight excluding hydrogens is 318 g/mol. The van der Waals surface area contributed by atoms with E-state index in [1.165, 1.54) is 4.88 Å². The van der Waals surface area contributed by atoms with Crippen LogP contribution in [-0.4, -0.2) is 11.7 Å². The number of allylic oxidation sites excluding steroid dienone is 2. The van der Waals surface area contributed by atoms with Gasteiger partial charge in [0, 0.05) is 40.8 Å². The largest absolute Gasteiger partial charge is 0.329 e. The van der Waals surface area contributed by atoms with Gasteiger partial charge in [0.2, 0.25) is 5.91 Å². The summed E-state index contributed by atoms with van der Waals surface area (Å²) in [4.78, 5) is 26.4. The van der Waals surface area contributed by atoms with Crippen LogP contribution in [0.1, 0.15) is 47.1 Å². The highest BCUT2D eigenvalue weighted by atomic mass is 32.1. The van der Waals surface area contributed by atoms with Crippen molar-refractivity contribution >= 4 is 23.0 Å². The summed E-state index contributed by atoms with van der Waals surface area (Å²) in [5, 5.41) is 5.02. The number of thiophene rings is 1. The van der Waals surface area contributed by atoms with Crippen molar-refractivity contribution in [2.45, 2.75) is 38.0 Å². The van der Waals surface area contributed by atoms with Crippen molar-refractivity contribution in [3.8, 4) is 0 Å². The van der Waals surface area contributed by atoms with Gasteiger partial charge in [0.1, 0.15) is 0 Å². The molecule has 0 spiro atoms. The molecule has 1 aromatic heterocycles. The van der Waals surface area contributed by atoms with E-state index in [2.05, 4.69) is 17.4 Å². The zero-order valence-corrected chi connectivity index (χ0v) is 14.4. The van der Waals surface area contributed by atoms with Gasteiger partial charge in [0.05, 0.1) is 0 Å². The van der Waals surface area contributed by atoms with Crippen LogP contribution < -0.4 is 5.32 Å². The molecule has 24 heavy (non-hydrogen) atoms. The Morgan fingerprint density at radius 1 is 1.08 bits per heavy atom. The highest BCUT2D eigenvalue weighted by molar-refractivity contribution is 7.10. The molecule has 0 bridgehead atoms. The van der Waals surface area contributed by atoms with E-state index in [0.29, 0.717) is 12.8 Å². The maximum atomic E-state index is 12.9. The maximum absolute atomic E-state index is 12.9. The minimum absolute atomic E-state index is 0.0138. The van der Waals surface area contributed by atoms with Gasteiger partial charge in [-0.25, -0.2) is 0 Å². The van der Waals surface area contributed by atoms with E-state index < -0.39 is 0 Å². The summed E-state index contributed by atoms with van der Waals surface area (Å²) in [6.45, 7) is 2.04. The molecule has 2 aromatic rings. The monoisotopic (exact) mass is 337 g/mol. The second kappa shape index (κ2) is 6.02. The van der Waals surface area contributed by atoms with Gasteiger partial charge in [0.25, 0.3) is 0 Å². The van der Waals surface area contributed by atoms with E-state index in [0.717, 1.165) is 28.8 Å². The van der Waals surface area contributed by atoms with Gasteiger partial charge in [-0.15, -0.1) is 11.3 Å². The number of benzene rings is 1. The Hall–Kier alpha value is -2.20. The number of rotatable bonds is 2. The normalized spacial score (nSPS) is 23.9. The lowest BCUT2D eigenvalue weighted by Gasteiger charge is -2.34. The van der Waals surface area contributed by atoms with Crippen LogP contribution in [0.2, 0.25) is 0 Å². The Balaban J connectivity index is 1.74. The lowest BCUT2D eigenvalue weighted by atomic mass is 9.74. The Kier molecular flexibility index (Phi) is 3.85. The standard InChI is InChI=1S/C20H19NO2S/c1-12-4-2-5-13(8-12)15-11-19(23)21-16-9-14(10-17(22)20(15)16)18-6-3-7-24-18/h2-8,14-15H,9-11H2,1H3,(H,21,23)/t14-,15-/m1/s1. The molecule has 2 aliphatic rings. The highest BCUT2D eigenvalue weighted by Crippen LogP contribution is 2.43. The van der Waals surface area contributed by atoms with Gasteiger partial charge >= 0.3 is 0 Å². The van der Waals surface area contributed by atoms with Gasteiger partial charge < -0.3 is 5.32 Å². The molecule has 122 valence electrons. The lowest BCUT2D eigenvalue weighted by molar-refractivity contribution is -0.122. The number of carbonyl (C=O) groups is 2. The fraction of sp³-hybridized carbons (Fsp3) is 0.300. The van der Waals surface area contributed by atoms with Crippen molar-refractivity contribution in [2.75, 3.05) is 0 Å². The predicted molar refractivity (Wildman–Crippen MR) is 95.0 cm³/mol. The summed E-state index contributed by atoms with van der Waals surface area (Å²) in [6.07, 6.45) is 1.64. The lowest BCUT2D eigenvalue weighted by Crippen LogP contribution is -2.38. The van der Waals surface area contributed by atoms with E-state index in [9.17, 15) is 9.59 Å². The third kappa shape index (κ3) is 2.71. The van der Waals surface area contributed by atoms with Crippen LogP contribution in [0.4, 0.5) is 0 Å². The molecule has 3 nitrogen and oxygen atoms in total. The zero-order valence-electron chi connectivity index (χ0n) is 13.5. The minimum atomic E-state index is -0.106. The van der Waals surface area contributed by atoms with E-state index in [1.54, 1.807) is 11.3 Å². The third-order valence-corrected chi connectivity index (χ3v) is 5.96. The van der Waals surface area contributed by atoms with Crippen molar-refractivity contribution < 1.29 is 9.59 Å². The van der Waals surface area contributed by atoms with Gasteiger partial charge in [-0.2, -0.15) is 0 Å². The average molecular weight is 337 g/mol. The Bertz CT molecular complexity index is 835. The molecule has 0 fully saturated rings. The Labute approximate surface area is 145 Å². The summed E-state index contributed by atoms with van der Waals surface area (Å²) in [6, 6.07) is 12.3. The van der Waals surface area contributed by atoms with Crippen LogP contribution in [0.25, 0.3) is 0 Å². The van der Waals surface area contributed by atoms with Crippen molar-refractivity contribution in [1.29, 1.82) is 0 Å². The molecule has 4 heteroatoms. The van der Waals surface area contributed by atoms with Crippen LogP contribution >= 0.6 is 11.3 Å². The zero-order chi connectivity index (χ0) is 16.7. The van der Waals surface area contributed by atoms with E-state index in [1.807, 2.05) is 36.6 Å². The van der Waals surface area contributed by atoms with Gasteiger partial charge in [-0.3, -0.25) is 9.59 Å². The third-order valence-electron chi connectivity index (χ3n) is 4.93. The first-order valence-corrected chi connectivity index (χ1v) is 9.16. The molecule has 1 aliphatic heterocycles. The summed E-state index contributed by atoms with van der Waals surface area (Å²) in [7, 11) is 0. The number of nitrogens with one attached hydrogen (secondary N) is 1. The quantitative estimate of drug-likeness (QED) is 0.898. The number of hydrogen-bond donors (Lipinski definition) is 1. The minimum Gasteiger partial charge on any atom is -0.329 e. The number of Topliss-reactive ketones (excluding diaryl/α,β-unsaturated/α-hetero) is 1. The number of aryl methyl sites for hydroxylation is 1. The highest BCUT2D eigenvalue weighted by Gasteiger charge is 2.38. The Morgan fingerprint density at radius 2 is 1.96 bits per heavy atom. The molecule has 0 radical (unpaired) electrons. The first-order chi connectivity index (χ1) is 11.6. The van der Waals surface area contributed by atoms with Crippen LogP contribution in [0, 0.1) is 6.92 Å². The fourth-order valence-electron chi connectivity index (χ4n) is 3.86. The van der Waals surface area contributed by atoms with Crippen LogP contribution in [0.15, 0.2) is 53.0 Å². The first kappa shape index (κ1) is 15.3. The fourth-order valence-corrected chi connectivity index (χ4v) is 4.69. The molecule has 2 atom stereocenters. The average Bonchev–Trinajstić information content (AvgIpc) is 3.08. The molecule has 1 aromatic carbocycles. The molecule has 1 amide bonds. The van der Waals surface area contributed by atoms with Crippen molar-refractivity contribution in [2.24, 2.45) is 0 Å². The smallest absolute Gasteiger partial charge is 0.225 e. The second-order valence-corrected chi connectivity index (χ2v) is 7.63. The van der Waals surface area contributed by atoms with Gasteiger partial charge in [0.15, 0.2) is 5.78 Å². The first-order valence-electron chi connectivity index (χ1n) is 8.28. The summed E-state index contributed by atoms with van der Waals surface area (Å²) < 4.78 is 0. The molecular formula is C20H19NO2S. The molecule has 4 rings (SSSR count). The summed E-state index contributed by atoms with van der Waals surface area (Å²) in [5.74, 6) is 0.277. The SMILES string of the molecule is Cc1cccc([C@H]2CC(=O)NC3=C2C(=O)C[C@H](c2cccs2)C3)c1. The Morgan fingerprint density at radius 3 is 2.71 bits per heavy atom. The summed E-state index contributed by atoms with van der Waals surface area (Å²) in [5.41, 5.74) is 3.89. The summed E-state index contributed by atoms with van der Waals surface area (Å²) >= 11 is 1.68. The number of hydrogen-bond acceptors (Lipinski definition) is 3. The van der Waals surface area contributed by atoms with Gasteiger partial charge in [-0.05, 0) is 30.4 Å². The van der Waals surface area contributed by atoms with E-state index in [4.69, 9.17) is 0 Å². The number of carbonyl (C=O) groups excluding carboxylic acids is 2. The van der Waals surface area contributed by atoms with Crippen molar-refractivity contribution in [1.82, 2.24) is 5.32 Å². The van der Waals surface area contributed by atoms with Crippen molar-refractivity contribution in [3.05, 3.63) is 69.1 Å². The number of ketones is 1. The van der Waals surface area contributed by atoms with Crippen LogP contribution in [0.5, 0.6) is 0 Å². The molecule has 0 saturated heterocycles. The van der Waals surface area contributed by atoms with Crippen LogP contribution in [-0.2, 0) is 9.59 Å². The van der Waals surface area contributed by atoms with E-state index in [-0.39, 0.29) is 23.5 Å².